The molecule has 0 saturated carbocycles. The SMILES string of the molecule is NCCCCCCCCCCCCCCCCCS(=O)(=O)O. The van der Waals surface area contributed by atoms with Crippen molar-refractivity contribution in [3.8, 4) is 0 Å². The third-order valence-corrected chi connectivity index (χ3v) is 4.91. The van der Waals surface area contributed by atoms with Crippen molar-refractivity contribution in [3.05, 3.63) is 0 Å². The van der Waals surface area contributed by atoms with Crippen LogP contribution in [0.25, 0.3) is 0 Å². The van der Waals surface area contributed by atoms with E-state index in [1.54, 1.807) is 0 Å². The summed E-state index contributed by atoms with van der Waals surface area (Å²) in [7, 11) is -3.75. The molecule has 0 aliphatic rings. The predicted octanol–water partition coefficient (Wildman–Crippen LogP) is 4.68. The van der Waals surface area contributed by atoms with Crippen LogP contribution in [0.3, 0.4) is 0 Å². The lowest BCUT2D eigenvalue weighted by Crippen LogP contribution is -2.03. The van der Waals surface area contributed by atoms with E-state index in [-0.39, 0.29) is 5.75 Å². The number of unbranched alkanes of at least 4 members (excludes halogenated alkanes) is 14. The maximum absolute atomic E-state index is 10.5. The monoisotopic (exact) mass is 335 g/mol. The van der Waals surface area contributed by atoms with Crippen molar-refractivity contribution in [2.75, 3.05) is 12.3 Å². The van der Waals surface area contributed by atoms with Crippen LogP contribution in [0.15, 0.2) is 0 Å². The van der Waals surface area contributed by atoms with E-state index in [1.165, 1.54) is 77.0 Å². The standard InChI is InChI=1S/C17H37NO3S/c18-16-14-12-10-8-6-4-2-1-3-5-7-9-11-13-15-17-22(19,20)21/h1-18H2,(H,19,20,21). The summed E-state index contributed by atoms with van der Waals surface area (Å²) in [5.41, 5.74) is 5.47. The Morgan fingerprint density at radius 1 is 0.545 bits per heavy atom. The average Bonchev–Trinajstić information content (AvgIpc) is 2.45. The molecule has 0 radical (unpaired) electrons. The van der Waals surface area contributed by atoms with Crippen LogP contribution in [0.4, 0.5) is 0 Å². The van der Waals surface area contributed by atoms with Crippen LogP contribution in [0.2, 0.25) is 0 Å². The summed E-state index contributed by atoms with van der Waals surface area (Å²) in [5.74, 6) is -0.0841. The zero-order valence-electron chi connectivity index (χ0n) is 14.3. The second kappa shape index (κ2) is 15.8. The van der Waals surface area contributed by atoms with E-state index in [0.29, 0.717) is 6.42 Å². The number of hydrogen-bond donors (Lipinski definition) is 2. The molecule has 4 nitrogen and oxygen atoms in total. The largest absolute Gasteiger partial charge is 0.330 e. The molecule has 0 atom stereocenters. The summed E-state index contributed by atoms with van der Waals surface area (Å²) >= 11 is 0. The third kappa shape index (κ3) is 19.9. The summed E-state index contributed by atoms with van der Waals surface area (Å²) in [4.78, 5) is 0. The fourth-order valence-corrected chi connectivity index (χ4v) is 3.30. The summed E-state index contributed by atoms with van der Waals surface area (Å²) in [6.07, 6.45) is 18.3. The molecule has 0 aliphatic carbocycles. The van der Waals surface area contributed by atoms with Gasteiger partial charge in [-0.2, -0.15) is 8.42 Å². The maximum atomic E-state index is 10.5. The van der Waals surface area contributed by atoms with Gasteiger partial charge in [-0.05, 0) is 19.4 Å². The highest BCUT2D eigenvalue weighted by molar-refractivity contribution is 7.85. The number of hydrogen-bond acceptors (Lipinski definition) is 3. The van der Waals surface area contributed by atoms with Crippen LogP contribution in [0.5, 0.6) is 0 Å². The highest BCUT2D eigenvalue weighted by atomic mass is 32.2. The average molecular weight is 336 g/mol. The van der Waals surface area contributed by atoms with E-state index in [0.717, 1.165) is 19.4 Å². The molecule has 0 amide bonds. The lowest BCUT2D eigenvalue weighted by molar-refractivity contribution is 0.478. The first-order valence-electron chi connectivity index (χ1n) is 9.21. The lowest BCUT2D eigenvalue weighted by atomic mass is 10.0. The van der Waals surface area contributed by atoms with E-state index in [9.17, 15) is 8.42 Å². The second-order valence-electron chi connectivity index (χ2n) is 6.38. The smallest absolute Gasteiger partial charge is 0.264 e. The van der Waals surface area contributed by atoms with Crippen LogP contribution in [-0.2, 0) is 10.1 Å². The van der Waals surface area contributed by atoms with Crippen LogP contribution in [0.1, 0.15) is 96.3 Å². The Morgan fingerprint density at radius 3 is 1.09 bits per heavy atom. The van der Waals surface area contributed by atoms with E-state index in [4.69, 9.17) is 10.3 Å². The first-order chi connectivity index (χ1) is 10.6. The summed E-state index contributed by atoms with van der Waals surface area (Å²) in [6.45, 7) is 0.834. The van der Waals surface area contributed by atoms with Gasteiger partial charge in [0.05, 0.1) is 5.75 Å². The second-order valence-corrected chi connectivity index (χ2v) is 7.95. The van der Waals surface area contributed by atoms with E-state index >= 15 is 0 Å². The van der Waals surface area contributed by atoms with Crippen LogP contribution < -0.4 is 5.73 Å². The Hall–Kier alpha value is -0.130. The van der Waals surface area contributed by atoms with Crippen LogP contribution in [-0.4, -0.2) is 25.3 Å². The van der Waals surface area contributed by atoms with Gasteiger partial charge < -0.3 is 5.73 Å². The maximum Gasteiger partial charge on any atom is 0.264 e. The van der Waals surface area contributed by atoms with E-state index < -0.39 is 10.1 Å². The molecule has 5 heteroatoms. The van der Waals surface area contributed by atoms with Crippen molar-refractivity contribution >= 4 is 10.1 Å². The predicted molar refractivity (Wildman–Crippen MR) is 94.7 cm³/mol. The molecule has 0 unspecified atom stereocenters. The Bertz CT molecular complexity index is 318. The molecule has 0 aromatic heterocycles. The normalized spacial score (nSPS) is 11.9. The summed E-state index contributed by atoms with van der Waals surface area (Å²) in [5, 5.41) is 0. The molecule has 0 spiro atoms. The third-order valence-electron chi connectivity index (χ3n) is 4.11. The summed E-state index contributed by atoms with van der Waals surface area (Å²) < 4.78 is 29.7. The molecule has 0 fully saturated rings. The molecule has 0 bridgehead atoms. The quantitative estimate of drug-likeness (QED) is 0.298. The highest BCUT2D eigenvalue weighted by Gasteiger charge is 2.02. The van der Waals surface area contributed by atoms with Crippen molar-refractivity contribution in [1.29, 1.82) is 0 Å². The molecule has 0 rings (SSSR count). The van der Waals surface area contributed by atoms with Gasteiger partial charge in [0.1, 0.15) is 0 Å². The first-order valence-corrected chi connectivity index (χ1v) is 10.8. The van der Waals surface area contributed by atoms with Gasteiger partial charge in [0.2, 0.25) is 0 Å². The van der Waals surface area contributed by atoms with Gasteiger partial charge in [0.25, 0.3) is 10.1 Å². The van der Waals surface area contributed by atoms with Gasteiger partial charge >= 0.3 is 0 Å². The number of nitrogens with two attached hydrogens (primary N) is 1. The van der Waals surface area contributed by atoms with Gasteiger partial charge in [0.15, 0.2) is 0 Å². The Kier molecular flexibility index (Phi) is 15.7. The van der Waals surface area contributed by atoms with Crippen molar-refractivity contribution in [2.45, 2.75) is 96.3 Å². The van der Waals surface area contributed by atoms with Gasteiger partial charge in [-0.25, -0.2) is 0 Å². The van der Waals surface area contributed by atoms with Gasteiger partial charge in [-0.1, -0.05) is 83.5 Å². The van der Waals surface area contributed by atoms with Crippen LogP contribution in [0, 0.1) is 0 Å². The zero-order chi connectivity index (χ0) is 16.5. The van der Waals surface area contributed by atoms with Gasteiger partial charge in [-0.15, -0.1) is 0 Å². The molecule has 134 valence electrons. The number of rotatable bonds is 17. The Labute approximate surface area is 138 Å². The zero-order valence-corrected chi connectivity index (χ0v) is 15.1. The van der Waals surface area contributed by atoms with Gasteiger partial charge in [0, 0.05) is 0 Å². The minimum absolute atomic E-state index is 0.0841. The lowest BCUT2D eigenvalue weighted by Gasteiger charge is -2.03. The van der Waals surface area contributed by atoms with Crippen molar-refractivity contribution in [3.63, 3.8) is 0 Å². The van der Waals surface area contributed by atoms with Crippen molar-refractivity contribution in [1.82, 2.24) is 0 Å². The first kappa shape index (κ1) is 21.9. The molecule has 0 aliphatic heterocycles. The fourth-order valence-electron chi connectivity index (χ4n) is 2.73. The van der Waals surface area contributed by atoms with Crippen molar-refractivity contribution in [2.24, 2.45) is 5.73 Å². The fraction of sp³-hybridized carbons (Fsp3) is 1.00. The molecule has 0 aromatic rings. The molecule has 3 N–H and O–H groups in total. The molecule has 0 saturated heterocycles. The minimum atomic E-state index is -3.75. The molecule has 22 heavy (non-hydrogen) atoms. The molecule has 0 aromatic carbocycles. The highest BCUT2D eigenvalue weighted by Crippen LogP contribution is 2.13. The summed E-state index contributed by atoms with van der Waals surface area (Å²) in [6, 6.07) is 0. The van der Waals surface area contributed by atoms with Crippen molar-refractivity contribution < 1.29 is 13.0 Å². The van der Waals surface area contributed by atoms with E-state index in [1.807, 2.05) is 0 Å². The van der Waals surface area contributed by atoms with Gasteiger partial charge in [-0.3, -0.25) is 4.55 Å². The topological polar surface area (TPSA) is 80.4 Å². The molecule has 0 heterocycles. The molecular weight excluding hydrogens is 298 g/mol. The molecular formula is C17H37NO3S. The van der Waals surface area contributed by atoms with Crippen LogP contribution >= 0.6 is 0 Å². The minimum Gasteiger partial charge on any atom is -0.330 e. The Balaban J connectivity index is 3.03. The van der Waals surface area contributed by atoms with E-state index in [2.05, 4.69) is 0 Å². The Morgan fingerprint density at radius 2 is 0.818 bits per heavy atom.